The van der Waals surface area contributed by atoms with Gasteiger partial charge in [-0.05, 0) is 30.7 Å². The second-order valence-electron chi connectivity index (χ2n) is 7.14. The zero-order valence-corrected chi connectivity index (χ0v) is 14.2. The van der Waals surface area contributed by atoms with Crippen molar-refractivity contribution in [1.82, 2.24) is 20.3 Å². The third-order valence-corrected chi connectivity index (χ3v) is 5.57. The molecule has 2 fully saturated rings. The third-order valence-electron chi connectivity index (χ3n) is 5.57. The fourth-order valence-electron chi connectivity index (χ4n) is 3.99. The maximum Gasteiger partial charge on any atom is 0.328 e. The highest BCUT2D eigenvalue weighted by atomic mass is 16.4. The quantitative estimate of drug-likeness (QED) is 0.596. The van der Waals surface area contributed by atoms with E-state index in [4.69, 9.17) is 10.2 Å². The van der Waals surface area contributed by atoms with E-state index in [9.17, 15) is 9.59 Å². The Kier molecular flexibility index (Phi) is 4.03. The average molecular weight is 359 g/mol. The number of piperidine rings is 1. The monoisotopic (exact) mass is 359 g/mol. The van der Waals surface area contributed by atoms with Crippen molar-refractivity contribution in [2.45, 2.75) is 25.3 Å². The van der Waals surface area contributed by atoms with Gasteiger partial charge < -0.3 is 25.4 Å². The highest BCUT2D eigenvalue weighted by Gasteiger charge is 2.55. The van der Waals surface area contributed by atoms with Crippen LogP contribution in [0.25, 0.3) is 11.0 Å². The summed E-state index contributed by atoms with van der Waals surface area (Å²) >= 11 is 0. The number of aliphatic hydroxyl groups excluding tert-OH is 1. The lowest BCUT2D eigenvalue weighted by Crippen LogP contribution is -2.52. The van der Waals surface area contributed by atoms with Gasteiger partial charge in [0.25, 0.3) is 0 Å². The van der Waals surface area contributed by atoms with E-state index in [-0.39, 0.29) is 17.2 Å². The summed E-state index contributed by atoms with van der Waals surface area (Å²) < 4.78 is 0. The highest BCUT2D eigenvalue weighted by molar-refractivity contribution is 5.88. The minimum absolute atomic E-state index is 0.144. The number of aliphatic carboxylic acids is 1. The molecule has 1 saturated carbocycles. The molecule has 1 aliphatic carbocycles. The van der Waals surface area contributed by atoms with Crippen LogP contribution in [0, 0.1) is 11.3 Å². The summed E-state index contributed by atoms with van der Waals surface area (Å²) in [5.41, 5.74) is 0.640. The first-order valence-electron chi connectivity index (χ1n) is 8.71. The van der Waals surface area contributed by atoms with Gasteiger partial charge in [0.05, 0.1) is 12.0 Å². The molecular formula is C17H21N5O4. The average Bonchev–Trinajstić information content (AvgIpc) is 3.20. The second-order valence-corrected chi connectivity index (χ2v) is 7.14. The Bertz CT molecular complexity index is 847. The van der Waals surface area contributed by atoms with Crippen molar-refractivity contribution < 1.29 is 19.8 Å². The SMILES string of the molecule is O=C(O)[C@H](CO)NC(=O)[C@H]1CCN(c2ncnc3[nH]ccc23)CC12CC2. The molecule has 138 valence electrons. The number of carbonyl (C=O) groups excluding carboxylic acids is 1. The normalized spacial score (nSPS) is 22.3. The van der Waals surface area contributed by atoms with Crippen molar-refractivity contribution in [2.24, 2.45) is 11.3 Å². The smallest absolute Gasteiger partial charge is 0.328 e. The van der Waals surface area contributed by atoms with Crippen LogP contribution in [-0.2, 0) is 9.59 Å². The molecule has 3 heterocycles. The minimum atomic E-state index is -1.25. The van der Waals surface area contributed by atoms with Crippen LogP contribution < -0.4 is 10.2 Å². The molecular weight excluding hydrogens is 338 g/mol. The number of rotatable bonds is 5. The molecule has 1 aliphatic heterocycles. The predicted octanol–water partition coefficient (Wildman–Crippen LogP) is 0.126. The zero-order chi connectivity index (χ0) is 18.3. The molecule has 2 atom stereocenters. The zero-order valence-electron chi connectivity index (χ0n) is 14.2. The summed E-state index contributed by atoms with van der Waals surface area (Å²) in [6, 6.07) is 0.694. The number of fused-ring (bicyclic) bond motifs is 1. The first kappa shape index (κ1) is 16.8. The van der Waals surface area contributed by atoms with Crippen LogP contribution >= 0.6 is 0 Å². The van der Waals surface area contributed by atoms with Crippen molar-refractivity contribution in [3.8, 4) is 0 Å². The lowest BCUT2D eigenvalue weighted by Gasteiger charge is -2.39. The Morgan fingerprint density at radius 1 is 1.42 bits per heavy atom. The number of hydrogen-bond donors (Lipinski definition) is 4. The van der Waals surface area contributed by atoms with Crippen LogP contribution in [0.1, 0.15) is 19.3 Å². The first-order valence-corrected chi connectivity index (χ1v) is 8.71. The summed E-state index contributed by atoms with van der Waals surface area (Å²) in [6.45, 7) is 0.757. The number of H-pyrrole nitrogens is 1. The number of amides is 1. The molecule has 0 aromatic carbocycles. The molecule has 4 N–H and O–H groups in total. The van der Waals surface area contributed by atoms with Crippen molar-refractivity contribution >= 4 is 28.7 Å². The Balaban J connectivity index is 1.51. The number of nitrogens with one attached hydrogen (secondary N) is 2. The standard InChI is InChI=1S/C17H21N5O4/c23-7-12(16(25)26)21-15(24)11-2-6-22(8-17(11)3-4-17)14-10-1-5-18-13(10)19-9-20-14/h1,5,9,11-12,23H,2-4,6-8H2,(H,21,24)(H,25,26)(H,18,19,20)/t11-,12+/m1/s1. The molecule has 2 aromatic rings. The first-order chi connectivity index (χ1) is 12.5. The molecule has 9 heteroatoms. The van der Waals surface area contributed by atoms with Crippen LogP contribution in [0.2, 0.25) is 0 Å². The van der Waals surface area contributed by atoms with E-state index in [1.807, 2.05) is 12.3 Å². The number of hydrogen-bond acceptors (Lipinski definition) is 6. The lowest BCUT2D eigenvalue weighted by atomic mass is 9.81. The van der Waals surface area contributed by atoms with Crippen molar-refractivity contribution in [3.05, 3.63) is 18.6 Å². The summed E-state index contributed by atoms with van der Waals surface area (Å²) in [4.78, 5) is 37.6. The summed E-state index contributed by atoms with van der Waals surface area (Å²) in [5.74, 6) is -0.882. The van der Waals surface area contributed by atoms with E-state index in [2.05, 4.69) is 25.2 Å². The van der Waals surface area contributed by atoms with Crippen LogP contribution in [0.15, 0.2) is 18.6 Å². The molecule has 1 spiro atoms. The summed E-state index contributed by atoms with van der Waals surface area (Å²) in [7, 11) is 0. The molecule has 4 rings (SSSR count). The van der Waals surface area contributed by atoms with Gasteiger partial charge in [-0.1, -0.05) is 0 Å². The number of carboxylic acids is 1. The Morgan fingerprint density at radius 3 is 2.92 bits per heavy atom. The molecule has 2 aliphatic rings. The van der Waals surface area contributed by atoms with E-state index in [1.54, 1.807) is 0 Å². The van der Waals surface area contributed by atoms with Gasteiger partial charge in [0.15, 0.2) is 0 Å². The summed E-state index contributed by atoms with van der Waals surface area (Å²) in [5, 5.41) is 21.6. The van der Waals surface area contributed by atoms with Crippen molar-refractivity contribution in [1.29, 1.82) is 0 Å². The topological polar surface area (TPSA) is 131 Å². The molecule has 1 saturated heterocycles. The molecule has 26 heavy (non-hydrogen) atoms. The maximum atomic E-state index is 12.6. The van der Waals surface area contributed by atoms with Crippen LogP contribution in [-0.4, -0.2) is 62.8 Å². The van der Waals surface area contributed by atoms with Crippen LogP contribution in [0.3, 0.4) is 0 Å². The maximum absolute atomic E-state index is 12.6. The second kappa shape index (κ2) is 6.24. The van der Waals surface area contributed by atoms with Gasteiger partial charge in [0, 0.05) is 25.2 Å². The molecule has 0 radical (unpaired) electrons. The predicted molar refractivity (Wildman–Crippen MR) is 92.5 cm³/mol. The molecule has 9 nitrogen and oxygen atoms in total. The van der Waals surface area contributed by atoms with Gasteiger partial charge in [-0.2, -0.15) is 0 Å². The van der Waals surface area contributed by atoms with E-state index >= 15 is 0 Å². The number of anilines is 1. The fraction of sp³-hybridized carbons (Fsp3) is 0.529. The van der Waals surface area contributed by atoms with Gasteiger partial charge in [-0.25, -0.2) is 14.8 Å². The minimum Gasteiger partial charge on any atom is -0.480 e. The van der Waals surface area contributed by atoms with Gasteiger partial charge in [-0.3, -0.25) is 4.79 Å². The number of aliphatic hydroxyl groups is 1. The largest absolute Gasteiger partial charge is 0.480 e. The van der Waals surface area contributed by atoms with E-state index < -0.39 is 18.6 Å². The Labute approximate surface area is 149 Å². The molecule has 0 unspecified atom stereocenters. The Hall–Kier alpha value is -2.68. The van der Waals surface area contributed by atoms with Crippen molar-refractivity contribution in [2.75, 3.05) is 24.6 Å². The van der Waals surface area contributed by atoms with E-state index in [1.165, 1.54) is 6.33 Å². The van der Waals surface area contributed by atoms with E-state index in [0.717, 1.165) is 29.7 Å². The summed E-state index contributed by atoms with van der Waals surface area (Å²) in [6.07, 6.45) is 5.85. The Morgan fingerprint density at radius 2 is 2.23 bits per heavy atom. The van der Waals surface area contributed by atoms with Gasteiger partial charge in [0.2, 0.25) is 5.91 Å². The molecule has 1 amide bonds. The number of carboxylic acid groups (broad SMARTS) is 1. The lowest BCUT2D eigenvalue weighted by molar-refractivity contribution is -0.144. The van der Waals surface area contributed by atoms with Gasteiger partial charge in [0.1, 0.15) is 23.8 Å². The third kappa shape index (κ3) is 2.78. The number of aromatic nitrogens is 3. The highest BCUT2D eigenvalue weighted by Crippen LogP contribution is 2.56. The fourth-order valence-corrected chi connectivity index (χ4v) is 3.99. The van der Waals surface area contributed by atoms with Gasteiger partial charge in [-0.15, -0.1) is 0 Å². The van der Waals surface area contributed by atoms with Crippen molar-refractivity contribution in [3.63, 3.8) is 0 Å². The van der Waals surface area contributed by atoms with Crippen LogP contribution in [0.5, 0.6) is 0 Å². The van der Waals surface area contributed by atoms with E-state index in [0.29, 0.717) is 19.5 Å². The van der Waals surface area contributed by atoms with Gasteiger partial charge >= 0.3 is 5.97 Å². The number of aromatic amines is 1. The number of carbonyl (C=O) groups is 2. The molecule has 2 aromatic heterocycles. The molecule has 0 bridgehead atoms. The van der Waals surface area contributed by atoms with Crippen LogP contribution in [0.4, 0.5) is 5.82 Å². The number of nitrogens with zero attached hydrogens (tertiary/aromatic N) is 3.